The molecule has 3 rings (SSSR count). The fourth-order valence-corrected chi connectivity index (χ4v) is 6.42. The second-order valence-corrected chi connectivity index (χ2v) is 11.2. The van der Waals surface area contributed by atoms with Gasteiger partial charge >= 0.3 is 11.9 Å². The molecule has 3 aliphatic rings. The number of rotatable bonds is 5. The molecule has 2 saturated heterocycles. The molecule has 10 unspecified atom stereocenters. The van der Waals surface area contributed by atoms with E-state index in [4.69, 9.17) is 14.2 Å². The van der Waals surface area contributed by atoms with Gasteiger partial charge in [0.05, 0.1) is 12.2 Å². The van der Waals surface area contributed by atoms with E-state index in [0.717, 1.165) is 0 Å². The summed E-state index contributed by atoms with van der Waals surface area (Å²) in [5.74, 6) is -1.85. The Morgan fingerprint density at radius 2 is 1.91 bits per heavy atom. The van der Waals surface area contributed by atoms with Gasteiger partial charge < -0.3 is 29.5 Å². The van der Waals surface area contributed by atoms with Crippen molar-refractivity contribution in [1.82, 2.24) is 0 Å². The molecule has 10 atom stereocenters. The van der Waals surface area contributed by atoms with Crippen LogP contribution < -0.4 is 0 Å². The molecular weight excluding hydrogens is 440 g/mol. The lowest BCUT2D eigenvalue weighted by molar-refractivity contribution is -0.292. The van der Waals surface area contributed by atoms with Crippen molar-refractivity contribution in [3.8, 4) is 0 Å². The first-order valence-corrected chi connectivity index (χ1v) is 12.6. The van der Waals surface area contributed by atoms with E-state index in [0.29, 0.717) is 31.3 Å². The molecule has 2 heterocycles. The summed E-state index contributed by atoms with van der Waals surface area (Å²) < 4.78 is 18.1. The zero-order valence-corrected chi connectivity index (χ0v) is 21.3. The third-order valence-corrected chi connectivity index (χ3v) is 8.31. The summed E-state index contributed by atoms with van der Waals surface area (Å²) >= 11 is 0. The first kappa shape index (κ1) is 27.1. The van der Waals surface area contributed by atoms with Crippen molar-refractivity contribution in [3.63, 3.8) is 0 Å². The minimum Gasteiger partial charge on any atom is -0.458 e. The Bertz CT molecular complexity index is 792. The predicted octanol–water partition coefficient (Wildman–Crippen LogP) is 2.52. The number of aliphatic hydroxyl groups is 3. The summed E-state index contributed by atoms with van der Waals surface area (Å²) in [4.78, 5) is 24.4. The third-order valence-electron chi connectivity index (χ3n) is 8.31. The van der Waals surface area contributed by atoms with Gasteiger partial charge in [0.2, 0.25) is 0 Å². The molecule has 0 aromatic rings. The van der Waals surface area contributed by atoms with Crippen LogP contribution in [0, 0.1) is 23.7 Å². The van der Waals surface area contributed by atoms with Gasteiger partial charge in [0.15, 0.2) is 0 Å². The van der Waals surface area contributed by atoms with E-state index < -0.39 is 53.6 Å². The van der Waals surface area contributed by atoms with E-state index in [9.17, 15) is 24.9 Å². The monoisotopic (exact) mass is 482 g/mol. The third kappa shape index (κ3) is 4.79. The van der Waals surface area contributed by atoms with Gasteiger partial charge in [0, 0.05) is 25.2 Å². The van der Waals surface area contributed by atoms with E-state index >= 15 is 0 Å². The Hall–Kier alpha value is -1.48. The summed E-state index contributed by atoms with van der Waals surface area (Å²) in [6.45, 7) is 14.9. The zero-order valence-electron chi connectivity index (χ0n) is 21.3. The lowest BCUT2D eigenvalue weighted by Gasteiger charge is -2.59. The van der Waals surface area contributed by atoms with Crippen LogP contribution in [0.4, 0.5) is 0 Å². The Kier molecular flexibility index (Phi) is 7.88. The van der Waals surface area contributed by atoms with E-state index in [1.54, 1.807) is 0 Å². The first-order valence-electron chi connectivity index (χ1n) is 12.6. The minimum absolute atomic E-state index is 0.0855. The molecule has 34 heavy (non-hydrogen) atoms. The van der Waals surface area contributed by atoms with Crippen molar-refractivity contribution in [1.29, 1.82) is 0 Å². The summed E-state index contributed by atoms with van der Waals surface area (Å²) in [5, 5.41) is 33.8. The van der Waals surface area contributed by atoms with Gasteiger partial charge in [-0.05, 0) is 56.9 Å². The normalized spacial score (nSPS) is 44.6. The van der Waals surface area contributed by atoms with Crippen LogP contribution in [0.15, 0.2) is 12.2 Å². The van der Waals surface area contributed by atoms with Crippen LogP contribution in [0.3, 0.4) is 0 Å². The molecule has 8 heteroatoms. The van der Waals surface area contributed by atoms with E-state index in [2.05, 4.69) is 20.4 Å². The van der Waals surface area contributed by atoms with Crippen molar-refractivity contribution in [2.75, 3.05) is 0 Å². The van der Waals surface area contributed by atoms with Gasteiger partial charge in [0.25, 0.3) is 0 Å². The summed E-state index contributed by atoms with van der Waals surface area (Å²) in [6.07, 6.45) is -2.65. The number of fused-ring (bicyclic) bond motifs is 4. The van der Waals surface area contributed by atoms with E-state index in [-0.39, 0.29) is 30.1 Å². The fraction of sp³-hybridized carbons (Fsp3) is 0.846. The van der Waals surface area contributed by atoms with Crippen LogP contribution in [0.5, 0.6) is 0 Å². The highest BCUT2D eigenvalue weighted by Crippen LogP contribution is 2.54. The highest BCUT2D eigenvalue weighted by Gasteiger charge is 2.62. The van der Waals surface area contributed by atoms with Gasteiger partial charge in [-0.1, -0.05) is 27.4 Å². The lowest BCUT2D eigenvalue weighted by atomic mass is 9.56. The van der Waals surface area contributed by atoms with Crippen LogP contribution >= 0.6 is 0 Å². The molecule has 2 aliphatic heterocycles. The average Bonchev–Trinajstić information content (AvgIpc) is 2.72. The maximum atomic E-state index is 12.6. The van der Waals surface area contributed by atoms with Gasteiger partial charge in [-0.3, -0.25) is 9.59 Å². The molecule has 1 aliphatic carbocycles. The molecule has 2 bridgehead atoms. The quantitative estimate of drug-likeness (QED) is 0.404. The zero-order chi connectivity index (χ0) is 25.6. The molecule has 3 N–H and O–H groups in total. The highest BCUT2D eigenvalue weighted by molar-refractivity contribution is 5.70. The smallest absolute Gasteiger partial charge is 0.306 e. The number of aliphatic hydroxyl groups excluding tert-OH is 2. The molecule has 3 fully saturated rings. The maximum absolute atomic E-state index is 12.6. The molecule has 0 aromatic heterocycles. The largest absolute Gasteiger partial charge is 0.458 e. The fourth-order valence-electron chi connectivity index (χ4n) is 6.42. The van der Waals surface area contributed by atoms with Gasteiger partial charge in [0.1, 0.15) is 29.5 Å². The van der Waals surface area contributed by atoms with Crippen LogP contribution in [0.1, 0.15) is 73.6 Å². The standard InChI is InChI=1S/C26H42O8/c1-8-9-19(28)34-25(6)11-10-18-26(7,31)23(30)22(29)20-14(4)17(32-15(5)27)12-16(13(2)3)21(20)24(25)33-18/h13,16-18,20-24,29-31H,4,8-12H2,1-3,5-7H3. The number of carbonyl (C=O) groups excluding carboxylic acids is 2. The average molecular weight is 483 g/mol. The van der Waals surface area contributed by atoms with Crippen LogP contribution in [0.2, 0.25) is 0 Å². The molecule has 8 nitrogen and oxygen atoms in total. The maximum Gasteiger partial charge on any atom is 0.306 e. The van der Waals surface area contributed by atoms with Crippen molar-refractivity contribution < 1.29 is 39.1 Å². The molecule has 0 spiro atoms. The lowest BCUT2D eigenvalue weighted by Crippen LogP contribution is -2.69. The summed E-state index contributed by atoms with van der Waals surface area (Å²) in [7, 11) is 0. The predicted molar refractivity (Wildman–Crippen MR) is 125 cm³/mol. The molecule has 0 amide bonds. The molecule has 1 saturated carbocycles. The van der Waals surface area contributed by atoms with E-state index in [1.807, 2.05) is 13.8 Å². The van der Waals surface area contributed by atoms with Crippen LogP contribution in [0.25, 0.3) is 0 Å². The van der Waals surface area contributed by atoms with Crippen molar-refractivity contribution in [2.24, 2.45) is 23.7 Å². The Morgan fingerprint density at radius 1 is 1.26 bits per heavy atom. The Balaban J connectivity index is 2.14. The molecular formula is C26H42O8. The topological polar surface area (TPSA) is 123 Å². The van der Waals surface area contributed by atoms with Crippen molar-refractivity contribution in [2.45, 2.75) is 115 Å². The van der Waals surface area contributed by atoms with Crippen molar-refractivity contribution >= 4 is 11.9 Å². The Morgan fingerprint density at radius 3 is 2.47 bits per heavy atom. The SMILES string of the molecule is C=C1C(OC(C)=O)CC(C(C)C)C2C1C(O)C(O)C(C)(O)C1CCC(C)(OC(=O)CCC)C2O1. The van der Waals surface area contributed by atoms with E-state index in [1.165, 1.54) is 13.8 Å². The van der Waals surface area contributed by atoms with Crippen LogP contribution in [-0.2, 0) is 23.8 Å². The molecule has 194 valence electrons. The Labute approximate surface area is 202 Å². The van der Waals surface area contributed by atoms with Gasteiger partial charge in [-0.15, -0.1) is 0 Å². The van der Waals surface area contributed by atoms with Crippen molar-refractivity contribution in [3.05, 3.63) is 12.2 Å². The highest BCUT2D eigenvalue weighted by atomic mass is 16.6. The number of ether oxygens (including phenoxy) is 3. The number of esters is 2. The summed E-state index contributed by atoms with van der Waals surface area (Å²) in [5.41, 5.74) is -2.24. The first-order chi connectivity index (χ1) is 15.7. The van der Waals surface area contributed by atoms with Gasteiger partial charge in [-0.25, -0.2) is 0 Å². The number of carbonyl (C=O) groups is 2. The molecule has 0 radical (unpaired) electrons. The summed E-state index contributed by atoms with van der Waals surface area (Å²) in [6, 6.07) is 0. The number of hydrogen-bond acceptors (Lipinski definition) is 8. The van der Waals surface area contributed by atoms with Crippen LogP contribution in [-0.4, -0.2) is 69.0 Å². The molecule has 0 aromatic carbocycles. The second-order valence-electron chi connectivity index (χ2n) is 11.2. The number of hydrogen-bond donors (Lipinski definition) is 3. The minimum atomic E-state index is -1.74. The van der Waals surface area contributed by atoms with Gasteiger partial charge in [-0.2, -0.15) is 0 Å². The second kappa shape index (κ2) is 9.88.